The Labute approximate surface area is 411 Å². The van der Waals surface area contributed by atoms with Crippen molar-refractivity contribution in [3.63, 3.8) is 0 Å². The van der Waals surface area contributed by atoms with Crippen LogP contribution in [0.25, 0.3) is 0 Å². The van der Waals surface area contributed by atoms with Gasteiger partial charge in [-0.2, -0.15) is 0 Å². The molecule has 5 atom stereocenters. The number of phosphoric ester groups is 2. The van der Waals surface area contributed by atoms with Crippen LogP contribution in [0.2, 0.25) is 0 Å². The highest BCUT2D eigenvalue weighted by atomic mass is 31.2. The van der Waals surface area contributed by atoms with E-state index < -0.39 is 85.5 Å². The average Bonchev–Trinajstić information content (AvgIpc) is 3.31. The summed E-state index contributed by atoms with van der Waals surface area (Å²) >= 11 is 0. The first-order valence-corrected chi connectivity index (χ1v) is 29.3. The van der Waals surface area contributed by atoms with Crippen LogP contribution in [0.3, 0.4) is 0 Å². The van der Waals surface area contributed by atoms with Gasteiger partial charge in [-0.1, -0.05) is 172 Å². The molecule has 0 bridgehead atoms. The molecule has 0 fully saturated rings. The third-order valence-electron chi connectivity index (χ3n) is 11.1. The number of rotatable bonds is 51. The molecule has 0 aliphatic carbocycles. The summed E-state index contributed by atoms with van der Waals surface area (Å²) in [5.74, 6) is -0.999. The number of carbonyl (C=O) groups is 2. The lowest BCUT2D eigenvalue weighted by molar-refractivity contribution is -0.148. The first kappa shape index (κ1) is 66.3. The van der Waals surface area contributed by atoms with E-state index in [4.69, 9.17) is 18.5 Å². The van der Waals surface area contributed by atoms with Gasteiger partial charge in [0.15, 0.2) is 0 Å². The Morgan fingerprint density at radius 1 is 0.382 bits per heavy atom. The number of hydrogen-bond donors (Lipinski definition) is 5. The van der Waals surface area contributed by atoms with Crippen LogP contribution >= 0.6 is 15.6 Å². The molecular formula is C51H96O15P2. The van der Waals surface area contributed by atoms with E-state index in [9.17, 15) is 43.8 Å². The van der Waals surface area contributed by atoms with Gasteiger partial charge in [-0.25, -0.2) is 9.13 Å². The van der Waals surface area contributed by atoms with Crippen LogP contribution < -0.4 is 0 Å². The summed E-state index contributed by atoms with van der Waals surface area (Å²) in [7, 11) is -9.58. The molecule has 15 nitrogen and oxygen atoms in total. The van der Waals surface area contributed by atoms with E-state index >= 15 is 0 Å². The maximum Gasteiger partial charge on any atom is 0.472 e. The van der Waals surface area contributed by atoms with Crippen molar-refractivity contribution in [1.82, 2.24) is 0 Å². The summed E-state index contributed by atoms with van der Waals surface area (Å²) in [5, 5.41) is 30.1. The Hall–Kier alpha value is -1.74. The predicted octanol–water partition coefficient (Wildman–Crippen LogP) is 12.6. The Balaban J connectivity index is 3.85. The number of carbonyl (C=O) groups excluding carboxylic acids is 2. The fourth-order valence-electron chi connectivity index (χ4n) is 6.94. The molecule has 0 rings (SSSR count). The lowest BCUT2D eigenvalue weighted by Gasteiger charge is -2.19. The fraction of sp³-hybridized carbons (Fsp3) is 0.843. The topological polar surface area (TPSA) is 225 Å². The molecule has 17 heteroatoms. The van der Waals surface area contributed by atoms with Crippen molar-refractivity contribution in [3.05, 3.63) is 36.5 Å². The molecule has 0 aromatic carbocycles. The van der Waals surface area contributed by atoms with Gasteiger partial charge in [0.2, 0.25) is 0 Å². The van der Waals surface area contributed by atoms with Gasteiger partial charge in [-0.15, -0.1) is 0 Å². The smallest absolute Gasteiger partial charge is 0.463 e. The molecule has 0 amide bonds. The van der Waals surface area contributed by atoms with E-state index in [-0.39, 0.29) is 12.8 Å². The molecule has 0 saturated heterocycles. The highest BCUT2D eigenvalue weighted by Gasteiger charge is 2.28. The van der Waals surface area contributed by atoms with Gasteiger partial charge in [0.1, 0.15) is 31.5 Å². The molecule has 0 radical (unpaired) electrons. The maximum absolute atomic E-state index is 12.2. The summed E-state index contributed by atoms with van der Waals surface area (Å²) in [6.45, 7) is 0.414. The van der Waals surface area contributed by atoms with Gasteiger partial charge in [0, 0.05) is 12.8 Å². The van der Waals surface area contributed by atoms with Gasteiger partial charge in [0.05, 0.1) is 26.4 Å². The van der Waals surface area contributed by atoms with Crippen LogP contribution in [0.5, 0.6) is 0 Å². The number of allylic oxidation sites excluding steroid dienone is 6. The number of phosphoric acid groups is 2. The van der Waals surface area contributed by atoms with E-state index in [2.05, 4.69) is 59.4 Å². The highest BCUT2D eigenvalue weighted by molar-refractivity contribution is 7.47. The molecule has 0 aromatic rings. The second kappa shape index (κ2) is 47.6. The maximum atomic E-state index is 12.2. The average molecular weight is 1010 g/mol. The van der Waals surface area contributed by atoms with Crippen molar-refractivity contribution in [3.8, 4) is 0 Å². The summed E-state index contributed by atoms with van der Waals surface area (Å²) in [4.78, 5) is 43.9. The number of unbranched alkanes of at least 4 members (excludes halogenated alkanes) is 25. The van der Waals surface area contributed by atoms with E-state index in [1.807, 2.05) is 0 Å². The van der Waals surface area contributed by atoms with E-state index in [0.717, 1.165) is 57.8 Å². The van der Waals surface area contributed by atoms with Crippen molar-refractivity contribution in [2.24, 2.45) is 0 Å². The number of aliphatic hydroxyl groups is 3. The molecule has 0 aliphatic heterocycles. The summed E-state index contributed by atoms with van der Waals surface area (Å²) in [5.41, 5.74) is 0. The minimum absolute atomic E-state index is 0.192. The van der Waals surface area contributed by atoms with Gasteiger partial charge in [-0.3, -0.25) is 27.7 Å². The molecule has 0 saturated carbocycles. The van der Waals surface area contributed by atoms with Crippen molar-refractivity contribution in [1.29, 1.82) is 0 Å². The van der Waals surface area contributed by atoms with Crippen molar-refractivity contribution < 1.29 is 71.4 Å². The zero-order valence-electron chi connectivity index (χ0n) is 42.3. The molecule has 5 N–H and O–H groups in total. The number of esters is 2. The van der Waals surface area contributed by atoms with Gasteiger partial charge >= 0.3 is 27.6 Å². The standard InChI is InChI=1S/C51H96O15P2/c1-3-5-7-9-11-13-15-17-19-21-22-24-26-28-30-32-34-36-38-40-51(56)62-42-48(53)44-64-68(59,60)66-46-49(54)45-65-67(57,58)63-43-47(52)41-61-50(55)39-37-35-33-31-29-27-25-23-20-18-16-14-12-10-8-6-4-2/h11,13,17-20,47-49,52-54H,3-10,12,14-16,21-46H2,1-2H3,(H,57,58)(H,59,60)/b13-11-,19-17-,20-18+. The van der Waals surface area contributed by atoms with Gasteiger partial charge in [0.25, 0.3) is 0 Å². The first-order chi connectivity index (χ1) is 32.8. The highest BCUT2D eigenvalue weighted by Crippen LogP contribution is 2.45. The summed E-state index contributed by atoms with van der Waals surface area (Å²) in [6.07, 6.45) is 44.1. The predicted molar refractivity (Wildman–Crippen MR) is 270 cm³/mol. The third-order valence-corrected chi connectivity index (χ3v) is 13.0. The normalized spacial score (nSPS) is 15.2. The van der Waals surface area contributed by atoms with Crippen LogP contribution in [0.15, 0.2) is 36.5 Å². The minimum atomic E-state index is -4.79. The molecule has 0 spiro atoms. The van der Waals surface area contributed by atoms with Gasteiger partial charge in [-0.05, 0) is 70.6 Å². The van der Waals surface area contributed by atoms with Crippen LogP contribution in [0, 0.1) is 0 Å². The Morgan fingerprint density at radius 2 is 0.632 bits per heavy atom. The molecule has 5 unspecified atom stereocenters. The van der Waals surface area contributed by atoms with Crippen LogP contribution in [-0.4, -0.2) is 95.0 Å². The fourth-order valence-corrected chi connectivity index (χ4v) is 8.53. The molecule has 400 valence electrons. The largest absolute Gasteiger partial charge is 0.472 e. The molecule has 0 heterocycles. The lowest BCUT2D eigenvalue weighted by atomic mass is 10.1. The van der Waals surface area contributed by atoms with Crippen molar-refractivity contribution in [2.75, 3.05) is 39.6 Å². The SMILES string of the molecule is CCCCC/C=C\C/C=C\CCCCCCCCCCCC(=O)OCC(O)COP(=O)(O)OCC(O)COP(=O)(O)OCC(O)COC(=O)CCCCCCCCC/C=C/CCCCCCCC. The quantitative estimate of drug-likeness (QED) is 0.0165. The number of hydrogen-bond acceptors (Lipinski definition) is 13. The molecule has 0 aliphatic rings. The van der Waals surface area contributed by atoms with Crippen LogP contribution in [0.1, 0.15) is 219 Å². The Kier molecular flexibility index (Phi) is 46.4. The minimum Gasteiger partial charge on any atom is -0.463 e. The Bertz CT molecular complexity index is 1360. The molecular weight excluding hydrogens is 914 g/mol. The number of ether oxygens (including phenoxy) is 2. The summed E-state index contributed by atoms with van der Waals surface area (Å²) < 4.78 is 53.1. The van der Waals surface area contributed by atoms with E-state index in [0.29, 0.717) is 12.8 Å². The Morgan fingerprint density at radius 3 is 0.971 bits per heavy atom. The molecule has 0 aromatic heterocycles. The molecule has 68 heavy (non-hydrogen) atoms. The van der Waals surface area contributed by atoms with Gasteiger partial charge < -0.3 is 34.6 Å². The number of aliphatic hydroxyl groups excluding tert-OH is 3. The van der Waals surface area contributed by atoms with E-state index in [1.54, 1.807) is 0 Å². The summed E-state index contributed by atoms with van der Waals surface area (Å²) in [6, 6.07) is 0. The first-order valence-electron chi connectivity index (χ1n) is 26.3. The van der Waals surface area contributed by atoms with Crippen LogP contribution in [-0.2, 0) is 46.3 Å². The second-order valence-corrected chi connectivity index (χ2v) is 20.8. The van der Waals surface area contributed by atoms with Crippen molar-refractivity contribution in [2.45, 2.75) is 238 Å². The zero-order valence-corrected chi connectivity index (χ0v) is 44.1. The van der Waals surface area contributed by atoms with E-state index in [1.165, 1.54) is 122 Å². The monoisotopic (exact) mass is 1010 g/mol. The zero-order chi connectivity index (χ0) is 50.2. The third kappa shape index (κ3) is 49.2. The van der Waals surface area contributed by atoms with Crippen LogP contribution in [0.4, 0.5) is 0 Å². The second-order valence-electron chi connectivity index (χ2n) is 17.9. The lowest BCUT2D eigenvalue weighted by Crippen LogP contribution is -2.25. The van der Waals surface area contributed by atoms with Crippen molar-refractivity contribution >= 4 is 27.6 Å².